The van der Waals surface area contributed by atoms with E-state index in [0.29, 0.717) is 28.1 Å². The van der Waals surface area contributed by atoms with Gasteiger partial charge in [0.15, 0.2) is 0 Å². The van der Waals surface area contributed by atoms with E-state index in [0.717, 1.165) is 5.56 Å². The number of hydrogen-bond donors (Lipinski definition) is 1. The zero-order chi connectivity index (χ0) is 19.5. The summed E-state index contributed by atoms with van der Waals surface area (Å²) in [5.41, 5.74) is 2.54. The van der Waals surface area contributed by atoms with Gasteiger partial charge in [0.25, 0.3) is 10.0 Å². The molecular weight excluding hydrogens is 354 g/mol. The van der Waals surface area contributed by atoms with E-state index in [-0.39, 0.29) is 11.5 Å². The Kier molecular flexibility index (Phi) is 5.92. The highest BCUT2D eigenvalue weighted by atomic mass is 32.2. The van der Waals surface area contributed by atoms with Crippen LogP contribution in [0, 0.1) is 20.8 Å². The van der Waals surface area contributed by atoms with Crippen molar-refractivity contribution in [3.05, 3.63) is 52.6 Å². The monoisotopic (exact) mass is 377 g/mol. The second kappa shape index (κ2) is 7.78. The lowest BCUT2D eigenvalue weighted by atomic mass is 10.1. The second-order valence-electron chi connectivity index (χ2n) is 5.82. The number of carbonyl (C=O) groups excluding carboxylic acids is 1. The van der Waals surface area contributed by atoms with Crippen molar-refractivity contribution in [1.29, 1.82) is 0 Å². The predicted molar refractivity (Wildman–Crippen MR) is 100 cm³/mol. The Morgan fingerprint density at radius 2 is 1.73 bits per heavy atom. The second-order valence-corrected chi connectivity index (χ2v) is 7.47. The van der Waals surface area contributed by atoms with Gasteiger partial charge in [-0.15, -0.1) is 0 Å². The molecule has 26 heavy (non-hydrogen) atoms. The van der Waals surface area contributed by atoms with E-state index in [1.54, 1.807) is 59.1 Å². The summed E-state index contributed by atoms with van der Waals surface area (Å²) in [6, 6.07) is 7.96. The third kappa shape index (κ3) is 3.83. The number of hydrogen-bond acceptors (Lipinski definition) is 5. The first-order valence-corrected chi connectivity index (χ1v) is 9.65. The van der Waals surface area contributed by atoms with E-state index >= 15 is 0 Å². The first-order chi connectivity index (χ1) is 12.2. The highest BCUT2D eigenvalue weighted by molar-refractivity contribution is 7.92. The smallest absolute Gasteiger partial charge is 0.338 e. The lowest BCUT2D eigenvalue weighted by Gasteiger charge is -2.16. The molecule has 0 aliphatic carbocycles. The topological polar surface area (TPSA) is 81.7 Å². The minimum absolute atomic E-state index is 0.164. The molecule has 0 aliphatic heterocycles. The molecule has 0 aliphatic rings. The van der Waals surface area contributed by atoms with Gasteiger partial charge in [-0.25, -0.2) is 13.2 Å². The van der Waals surface area contributed by atoms with Crippen LogP contribution in [0.25, 0.3) is 0 Å². The molecule has 0 atom stereocenters. The highest BCUT2D eigenvalue weighted by Gasteiger charge is 2.22. The molecule has 0 fully saturated rings. The van der Waals surface area contributed by atoms with Crippen molar-refractivity contribution in [1.82, 2.24) is 0 Å². The van der Waals surface area contributed by atoms with Crippen molar-refractivity contribution in [2.24, 2.45) is 0 Å². The highest BCUT2D eigenvalue weighted by Crippen LogP contribution is 2.29. The van der Waals surface area contributed by atoms with Crippen LogP contribution in [0.15, 0.2) is 35.2 Å². The van der Waals surface area contributed by atoms with Crippen molar-refractivity contribution >= 4 is 21.7 Å². The normalized spacial score (nSPS) is 11.1. The van der Waals surface area contributed by atoms with E-state index < -0.39 is 16.0 Å². The molecule has 2 aromatic carbocycles. The van der Waals surface area contributed by atoms with Crippen LogP contribution in [0.4, 0.5) is 5.69 Å². The largest absolute Gasteiger partial charge is 0.496 e. The van der Waals surface area contributed by atoms with Gasteiger partial charge >= 0.3 is 5.97 Å². The zero-order valence-electron chi connectivity index (χ0n) is 15.5. The van der Waals surface area contributed by atoms with E-state index in [4.69, 9.17) is 9.47 Å². The average molecular weight is 377 g/mol. The molecule has 0 amide bonds. The summed E-state index contributed by atoms with van der Waals surface area (Å²) in [6.45, 7) is 7.18. The fourth-order valence-electron chi connectivity index (χ4n) is 2.66. The molecule has 0 saturated heterocycles. The van der Waals surface area contributed by atoms with Gasteiger partial charge < -0.3 is 9.47 Å². The molecule has 1 N–H and O–H groups in total. The molecular formula is C19H23NO5S. The van der Waals surface area contributed by atoms with Crippen LogP contribution in [0.2, 0.25) is 0 Å². The van der Waals surface area contributed by atoms with Gasteiger partial charge in [-0.3, -0.25) is 4.72 Å². The predicted octanol–water partition coefficient (Wildman–Crippen LogP) is 3.60. The molecule has 0 spiro atoms. The summed E-state index contributed by atoms with van der Waals surface area (Å²) in [5.74, 6) is 0.143. The number of benzene rings is 2. The Morgan fingerprint density at radius 1 is 1.04 bits per heavy atom. The third-order valence-electron chi connectivity index (χ3n) is 4.27. The fourth-order valence-corrected chi connectivity index (χ4v) is 4.08. The quantitative estimate of drug-likeness (QED) is 0.778. The molecule has 140 valence electrons. The molecule has 0 aromatic heterocycles. The molecule has 0 radical (unpaired) electrons. The average Bonchev–Trinajstić information content (AvgIpc) is 2.59. The van der Waals surface area contributed by atoms with Gasteiger partial charge in [-0.2, -0.15) is 0 Å². The number of anilines is 1. The van der Waals surface area contributed by atoms with Crippen molar-refractivity contribution in [3.63, 3.8) is 0 Å². The molecule has 0 bridgehead atoms. The third-order valence-corrected chi connectivity index (χ3v) is 5.78. The molecule has 6 nitrogen and oxygen atoms in total. The Bertz CT molecular complexity index is 935. The maximum Gasteiger partial charge on any atom is 0.338 e. The number of esters is 1. The summed E-state index contributed by atoms with van der Waals surface area (Å²) < 4.78 is 38.5. The van der Waals surface area contributed by atoms with Gasteiger partial charge in [0, 0.05) is 0 Å². The van der Waals surface area contributed by atoms with Crippen molar-refractivity contribution < 1.29 is 22.7 Å². The Balaban J connectivity index is 2.44. The van der Waals surface area contributed by atoms with Crippen LogP contribution in [0.5, 0.6) is 5.75 Å². The van der Waals surface area contributed by atoms with E-state index in [1.807, 2.05) is 0 Å². The lowest BCUT2D eigenvalue weighted by molar-refractivity contribution is 0.0525. The fraction of sp³-hybridized carbons (Fsp3) is 0.316. The van der Waals surface area contributed by atoms with Gasteiger partial charge in [0.2, 0.25) is 0 Å². The summed E-state index contributed by atoms with van der Waals surface area (Å²) in [5, 5.41) is 0. The van der Waals surface area contributed by atoms with Gasteiger partial charge in [0.05, 0.1) is 29.9 Å². The first kappa shape index (κ1) is 19.8. The number of methoxy groups -OCH3 is 1. The minimum Gasteiger partial charge on any atom is -0.496 e. The molecule has 0 unspecified atom stereocenters. The number of ether oxygens (including phenoxy) is 2. The van der Waals surface area contributed by atoms with Crippen LogP contribution in [0.3, 0.4) is 0 Å². The van der Waals surface area contributed by atoms with Crippen molar-refractivity contribution in [2.45, 2.75) is 32.6 Å². The molecule has 0 saturated carbocycles. The van der Waals surface area contributed by atoms with Crippen LogP contribution in [0.1, 0.15) is 34.0 Å². The maximum atomic E-state index is 12.9. The Labute approximate surface area is 154 Å². The lowest BCUT2D eigenvalue weighted by Crippen LogP contribution is -2.17. The number of carbonyl (C=O) groups is 1. The number of rotatable bonds is 6. The first-order valence-electron chi connectivity index (χ1n) is 8.16. The van der Waals surface area contributed by atoms with E-state index in [2.05, 4.69) is 4.72 Å². The standard InChI is InChI=1S/C19H23NO5S/c1-6-25-19(21)15-8-7-9-16(14(15)4)20-26(22,23)18-11-10-17(24-5)12(2)13(18)3/h7-11,20H,6H2,1-5H3. The summed E-state index contributed by atoms with van der Waals surface area (Å²) >= 11 is 0. The molecule has 7 heteroatoms. The molecule has 2 rings (SSSR count). The number of sulfonamides is 1. The van der Waals surface area contributed by atoms with Crippen LogP contribution in [-0.4, -0.2) is 28.1 Å². The summed E-state index contributed by atoms with van der Waals surface area (Å²) in [7, 11) is -2.29. The zero-order valence-corrected chi connectivity index (χ0v) is 16.4. The minimum atomic E-state index is -3.83. The number of nitrogens with one attached hydrogen (secondary N) is 1. The van der Waals surface area contributed by atoms with Crippen LogP contribution < -0.4 is 9.46 Å². The van der Waals surface area contributed by atoms with E-state index in [1.165, 1.54) is 6.07 Å². The summed E-state index contributed by atoms with van der Waals surface area (Å²) in [4.78, 5) is 12.2. The van der Waals surface area contributed by atoms with Crippen molar-refractivity contribution in [2.75, 3.05) is 18.4 Å². The van der Waals surface area contributed by atoms with Gasteiger partial charge in [-0.1, -0.05) is 6.07 Å². The van der Waals surface area contributed by atoms with Gasteiger partial charge in [-0.05, 0) is 68.7 Å². The van der Waals surface area contributed by atoms with E-state index in [9.17, 15) is 13.2 Å². The molecule has 2 aromatic rings. The molecule has 0 heterocycles. The van der Waals surface area contributed by atoms with Crippen LogP contribution in [-0.2, 0) is 14.8 Å². The Hall–Kier alpha value is -2.54. The Morgan fingerprint density at radius 3 is 2.35 bits per heavy atom. The maximum absolute atomic E-state index is 12.9. The SMILES string of the molecule is CCOC(=O)c1cccc(NS(=O)(=O)c2ccc(OC)c(C)c2C)c1C. The van der Waals surface area contributed by atoms with Crippen molar-refractivity contribution in [3.8, 4) is 5.75 Å². The van der Waals surface area contributed by atoms with Crippen LogP contribution >= 0.6 is 0 Å². The summed E-state index contributed by atoms with van der Waals surface area (Å²) in [6.07, 6.45) is 0. The van der Waals surface area contributed by atoms with Gasteiger partial charge in [0.1, 0.15) is 5.75 Å².